The molecule has 0 atom stereocenters. The second-order valence-electron chi connectivity index (χ2n) is 5.74. The van der Waals surface area contributed by atoms with Crippen molar-refractivity contribution < 1.29 is 14.3 Å². The largest absolute Gasteiger partial charge is 0.494 e. The third kappa shape index (κ3) is 7.89. The lowest BCUT2D eigenvalue weighted by atomic mass is 10.2. The Morgan fingerprint density at radius 3 is 2.59 bits per heavy atom. The van der Waals surface area contributed by atoms with Crippen LogP contribution in [0.15, 0.2) is 47.6 Å². The number of benzene rings is 2. The molecule has 7 heteroatoms. The highest BCUT2D eigenvalue weighted by Gasteiger charge is 2.04. The Morgan fingerprint density at radius 1 is 1.11 bits per heavy atom. The summed E-state index contributed by atoms with van der Waals surface area (Å²) in [4.78, 5) is 11.8. The van der Waals surface area contributed by atoms with E-state index in [-0.39, 0.29) is 5.91 Å². The standard InChI is InChI=1S/C20H22Cl2N2O3/c1-2-11-26-17-8-5-15(6-9-17)14-23-24-20(25)4-3-12-27-19-10-7-16(21)13-18(19)22/h5-10,13-14H,2-4,11-12H2,1H3,(H,24,25). The third-order valence-corrected chi connectivity index (χ3v) is 3.99. The molecule has 0 saturated carbocycles. The van der Waals surface area contributed by atoms with E-state index in [4.69, 9.17) is 32.7 Å². The van der Waals surface area contributed by atoms with Crippen LogP contribution in [-0.4, -0.2) is 25.3 Å². The Hall–Kier alpha value is -2.24. The Bertz CT molecular complexity index is 764. The molecule has 0 radical (unpaired) electrons. The number of ether oxygens (including phenoxy) is 2. The van der Waals surface area contributed by atoms with Crippen molar-refractivity contribution in [2.24, 2.45) is 5.10 Å². The molecule has 1 N–H and O–H groups in total. The molecular formula is C20H22Cl2N2O3. The maximum absolute atomic E-state index is 11.8. The Balaban J connectivity index is 1.66. The van der Waals surface area contributed by atoms with Crippen LogP contribution in [0.5, 0.6) is 11.5 Å². The molecule has 0 bridgehead atoms. The summed E-state index contributed by atoms with van der Waals surface area (Å²) >= 11 is 11.8. The number of hydrogen-bond acceptors (Lipinski definition) is 4. The first-order chi connectivity index (χ1) is 13.1. The molecule has 5 nitrogen and oxygen atoms in total. The Kier molecular flexibility index (Phi) is 8.95. The predicted octanol–water partition coefficient (Wildman–Crippen LogP) is 5.09. The fraction of sp³-hybridized carbons (Fsp3) is 0.300. The lowest BCUT2D eigenvalue weighted by molar-refractivity contribution is -0.121. The lowest BCUT2D eigenvalue weighted by Gasteiger charge is -2.07. The molecule has 0 heterocycles. The van der Waals surface area contributed by atoms with Crippen molar-refractivity contribution in [3.63, 3.8) is 0 Å². The summed E-state index contributed by atoms with van der Waals surface area (Å²) in [7, 11) is 0. The van der Waals surface area contributed by atoms with Crippen LogP contribution in [0.25, 0.3) is 0 Å². The van der Waals surface area contributed by atoms with E-state index in [2.05, 4.69) is 17.5 Å². The van der Waals surface area contributed by atoms with Gasteiger partial charge < -0.3 is 9.47 Å². The topological polar surface area (TPSA) is 59.9 Å². The fourth-order valence-corrected chi connectivity index (χ4v) is 2.57. The van der Waals surface area contributed by atoms with Gasteiger partial charge in [-0.2, -0.15) is 5.10 Å². The van der Waals surface area contributed by atoms with Crippen LogP contribution in [-0.2, 0) is 4.79 Å². The fourth-order valence-electron chi connectivity index (χ4n) is 2.11. The number of hydrogen-bond donors (Lipinski definition) is 1. The average Bonchev–Trinajstić information content (AvgIpc) is 2.66. The maximum atomic E-state index is 11.8. The molecule has 0 saturated heterocycles. The van der Waals surface area contributed by atoms with E-state index < -0.39 is 0 Å². The molecule has 0 aromatic heterocycles. The molecule has 0 aliphatic carbocycles. The smallest absolute Gasteiger partial charge is 0.240 e. The van der Waals surface area contributed by atoms with Gasteiger partial charge in [0.05, 0.1) is 24.5 Å². The van der Waals surface area contributed by atoms with Crippen LogP contribution in [0, 0.1) is 0 Å². The zero-order chi connectivity index (χ0) is 19.5. The summed E-state index contributed by atoms with van der Waals surface area (Å²) in [6, 6.07) is 12.5. The monoisotopic (exact) mass is 408 g/mol. The minimum Gasteiger partial charge on any atom is -0.494 e. The SMILES string of the molecule is CCCOc1ccc(C=NNC(=O)CCCOc2ccc(Cl)cc2Cl)cc1. The van der Waals surface area contributed by atoms with Gasteiger partial charge in [-0.1, -0.05) is 30.1 Å². The summed E-state index contributed by atoms with van der Waals surface area (Å²) in [6.07, 6.45) is 3.40. The zero-order valence-corrected chi connectivity index (χ0v) is 16.6. The highest BCUT2D eigenvalue weighted by molar-refractivity contribution is 6.35. The number of hydrazone groups is 1. The van der Waals surface area contributed by atoms with E-state index in [1.54, 1.807) is 24.4 Å². The van der Waals surface area contributed by atoms with Crippen LogP contribution in [0.1, 0.15) is 31.7 Å². The number of carbonyl (C=O) groups excluding carboxylic acids is 1. The number of nitrogens with one attached hydrogen (secondary N) is 1. The molecule has 27 heavy (non-hydrogen) atoms. The number of halogens is 2. The number of carbonyl (C=O) groups is 1. The van der Waals surface area contributed by atoms with Gasteiger partial charge in [0, 0.05) is 11.4 Å². The first-order valence-electron chi connectivity index (χ1n) is 8.71. The quantitative estimate of drug-likeness (QED) is 0.338. The molecule has 1 amide bonds. The predicted molar refractivity (Wildman–Crippen MR) is 109 cm³/mol. The van der Waals surface area contributed by atoms with Gasteiger partial charge in [0.25, 0.3) is 0 Å². The van der Waals surface area contributed by atoms with Gasteiger partial charge in [0.15, 0.2) is 0 Å². The van der Waals surface area contributed by atoms with Crippen LogP contribution in [0.2, 0.25) is 10.0 Å². The van der Waals surface area contributed by atoms with Gasteiger partial charge in [-0.3, -0.25) is 4.79 Å². The minimum absolute atomic E-state index is 0.181. The second kappa shape index (κ2) is 11.5. The molecule has 0 spiro atoms. The van der Waals surface area contributed by atoms with E-state index in [0.717, 1.165) is 17.7 Å². The van der Waals surface area contributed by atoms with Gasteiger partial charge in [-0.25, -0.2) is 5.43 Å². The van der Waals surface area contributed by atoms with Crippen molar-refractivity contribution in [2.45, 2.75) is 26.2 Å². The van der Waals surface area contributed by atoms with Crippen molar-refractivity contribution in [1.29, 1.82) is 0 Å². The summed E-state index contributed by atoms with van der Waals surface area (Å²) in [6.45, 7) is 3.12. The molecule has 0 unspecified atom stereocenters. The number of nitrogens with zero attached hydrogens (tertiary/aromatic N) is 1. The van der Waals surface area contributed by atoms with E-state index in [0.29, 0.717) is 41.9 Å². The van der Waals surface area contributed by atoms with Gasteiger partial charge in [-0.05, 0) is 60.9 Å². The van der Waals surface area contributed by atoms with E-state index in [1.165, 1.54) is 0 Å². The van der Waals surface area contributed by atoms with Crippen molar-refractivity contribution in [3.05, 3.63) is 58.1 Å². The highest BCUT2D eigenvalue weighted by Crippen LogP contribution is 2.27. The van der Waals surface area contributed by atoms with Crippen LogP contribution in [0.3, 0.4) is 0 Å². The zero-order valence-electron chi connectivity index (χ0n) is 15.1. The van der Waals surface area contributed by atoms with Crippen molar-refractivity contribution in [2.75, 3.05) is 13.2 Å². The second-order valence-corrected chi connectivity index (χ2v) is 6.58. The van der Waals surface area contributed by atoms with Crippen molar-refractivity contribution in [3.8, 4) is 11.5 Å². The maximum Gasteiger partial charge on any atom is 0.240 e. The van der Waals surface area contributed by atoms with E-state index >= 15 is 0 Å². The van der Waals surface area contributed by atoms with Gasteiger partial charge in [-0.15, -0.1) is 0 Å². The highest BCUT2D eigenvalue weighted by atomic mass is 35.5. The Morgan fingerprint density at radius 2 is 1.89 bits per heavy atom. The van der Waals surface area contributed by atoms with Crippen LogP contribution in [0.4, 0.5) is 0 Å². The molecule has 0 fully saturated rings. The summed E-state index contributed by atoms with van der Waals surface area (Å²) in [5, 5.41) is 4.95. The van der Waals surface area contributed by atoms with Gasteiger partial charge in [0.1, 0.15) is 11.5 Å². The van der Waals surface area contributed by atoms with E-state index in [9.17, 15) is 4.79 Å². The first-order valence-corrected chi connectivity index (χ1v) is 9.46. The minimum atomic E-state index is -0.181. The summed E-state index contributed by atoms with van der Waals surface area (Å²) < 4.78 is 11.0. The number of rotatable bonds is 10. The van der Waals surface area contributed by atoms with E-state index in [1.807, 2.05) is 24.3 Å². The van der Waals surface area contributed by atoms with Crippen molar-refractivity contribution in [1.82, 2.24) is 5.43 Å². The molecule has 144 valence electrons. The molecule has 2 aromatic rings. The molecule has 2 rings (SSSR count). The molecule has 2 aromatic carbocycles. The molecular weight excluding hydrogens is 387 g/mol. The van der Waals surface area contributed by atoms with Gasteiger partial charge in [0.2, 0.25) is 5.91 Å². The van der Waals surface area contributed by atoms with Crippen molar-refractivity contribution >= 4 is 35.3 Å². The van der Waals surface area contributed by atoms with Crippen LogP contribution < -0.4 is 14.9 Å². The first kappa shape index (κ1) is 21.1. The average molecular weight is 409 g/mol. The third-order valence-electron chi connectivity index (χ3n) is 3.46. The van der Waals surface area contributed by atoms with Gasteiger partial charge >= 0.3 is 0 Å². The van der Waals surface area contributed by atoms with Crippen LogP contribution >= 0.6 is 23.2 Å². The molecule has 0 aliphatic rings. The summed E-state index contributed by atoms with van der Waals surface area (Å²) in [5.74, 6) is 1.18. The lowest BCUT2D eigenvalue weighted by Crippen LogP contribution is -2.18. The summed E-state index contributed by atoms with van der Waals surface area (Å²) in [5.41, 5.74) is 3.37. The normalized spacial score (nSPS) is 10.8. The molecule has 0 aliphatic heterocycles. The Labute approximate surface area is 169 Å². The number of amides is 1.